The van der Waals surface area contributed by atoms with Crippen LogP contribution in [0.25, 0.3) is 11.2 Å². The quantitative estimate of drug-likeness (QED) is 0.499. The maximum absolute atomic E-state index is 12.4. The molecular formula is C18H20ClN5O3. The molecule has 0 bridgehead atoms. The van der Waals surface area contributed by atoms with Crippen molar-refractivity contribution in [1.82, 2.24) is 24.0 Å². The lowest BCUT2D eigenvalue weighted by Gasteiger charge is -2.08. The molecule has 0 unspecified atom stereocenters. The Morgan fingerprint density at radius 2 is 1.85 bits per heavy atom. The van der Waals surface area contributed by atoms with Crippen molar-refractivity contribution in [2.75, 3.05) is 6.54 Å². The summed E-state index contributed by atoms with van der Waals surface area (Å²) in [6.45, 7) is 0.364. The summed E-state index contributed by atoms with van der Waals surface area (Å²) in [5, 5.41) is 2.81. The molecule has 0 radical (unpaired) electrons. The molecule has 2 aromatic heterocycles. The molecule has 9 heteroatoms. The van der Waals surface area contributed by atoms with Crippen molar-refractivity contribution < 1.29 is 4.79 Å². The first kappa shape index (κ1) is 18.9. The summed E-state index contributed by atoms with van der Waals surface area (Å²) in [5.41, 5.74) is 0.456. The number of nitrogens with zero attached hydrogens (tertiary/aromatic N) is 4. The van der Waals surface area contributed by atoms with Crippen LogP contribution >= 0.6 is 11.6 Å². The van der Waals surface area contributed by atoms with Crippen LogP contribution in [0.1, 0.15) is 12.0 Å². The van der Waals surface area contributed by atoms with Gasteiger partial charge in [-0.25, -0.2) is 4.79 Å². The third-order valence-electron chi connectivity index (χ3n) is 4.41. The summed E-state index contributed by atoms with van der Waals surface area (Å²) in [6.07, 6.45) is 1.66. The molecule has 0 aliphatic rings. The number of hydrogen-bond acceptors (Lipinski definition) is 4. The first-order valence-electron chi connectivity index (χ1n) is 8.52. The summed E-state index contributed by atoms with van der Waals surface area (Å²) in [7, 11) is 2.88. The molecule has 0 atom stereocenters. The van der Waals surface area contributed by atoms with Gasteiger partial charge in [-0.1, -0.05) is 30.3 Å². The fourth-order valence-electron chi connectivity index (χ4n) is 2.93. The smallest absolute Gasteiger partial charge is 0.332 e. The van der Waals surface area contributed by atoms with Gasteiger partial charge < -0.3 is 5.32 Å². The zero-order valence-corrected chi connectivity index (χ0v) is 15.9. The number of hydrogen-bond donors (Lipinski definition) is 1. The molecule has 0 aliphatic heterocycles. The van der Waals surface area contributed by atoms with Crippen LogP contribution in [-0.4, -0.2) is 31.1 Å². The number of carbonyl (C=O) groups is 1. The third kappa shape index (κ3) is 3.80. The van der Waals surface area contributed by atoms with E-state index in [2.05, 4.69) is 10.3 Å². The fourth-order valence-corrected chi connectivity index (χ4v) is 3.15. The number of nitrogens with one attached hydrogen (secondary N) is 1. The number of aromatic nitrogens is 4. The molecule has 3 aromatic rings. The highest BCUT2D eigenvalue weighted by Crippen LogP contribution is 2.15. The Morgan fingerprint density at radius 1 is 1.15 bits per heavy atom. The second kappa shape index (κ2) is 7.79. The minimum Gasteiger partial charge on any atom is -0.355 e. The standard InChI is InChI=1S/C18H20ClN5O3/c1-22-15-14(16(26)23(2)18(22)27)24(17(19)21-15)11-13(25)20-10-6-9-12-7-4-3-5-8-12/h3-5,7-8H,6,9-11H2,1-2H3,(H,20,25). The lowest BCUT2D eigenvalue weighted by atomic mass is 10.1. The van der Waals surface area contributed by atoms with Crippen LogP contribution in [0, 0.1) is 0 Å². The molecule has 2 heterocycles. The highest BCUT2D eigenvalue weighted by atomic mass is 35.5. The van der Waals surface area contributed by atoms with Gasteiger partial charge in [-0.05, 0) is 30.0 Å². The van der Waals surface area contributed by atoms with E-state index in [9.17, 15) is 14.4 Å². The summed E-state index contributed by atoms with van der Waals surface area (Å²) in [5.74, 6) is -0.278. The van der Waals surface area contributed by atoms with Crippen LogP contribution in [0.2, 0.25) is 5.28 Å². The Labute approximate surface area is 160 Å². The molecule has 0 saturated carbocycles. The Balaban J connectivity index is 1.71. The van der Waals surface area contributed by atoms with E-state index in [0.29, 0.717) is 6.54 Å². The van der Waals surface area contributed by atoms with E-state index in [0.717, 1.165) is 17.4 Å². The van der Waals surface area contributed by atoms with Crippen molar-refractivity contribution in [3.8, 4) is 0 Å². The van der Waals surface area contributed by atoms with Crippen LogP contribution in [-0.2, 0) is 31.9 Å². The average molecular weight is 390 g/mol. The summed E-state index contributed by atoms with van der Waals surface area (Å²) >= 11 is 6.11. The normalized spacial score (nSPS) is 11.1. The van der Waals surface area contributed by atoms with Crippen molar-refractivity contribution in [2.24, 2.45) is 14.1 Å². The molecule has 0 aliphatic carbocycles. The van der Waals surface area contributed by atoms with Gasteiger partial charge in [0.15, 0.2) is 11.2 Å². The van der Waals surface area contributed by atoms with Gasteiger partial charge in [-0.2, -0.15) is 4.98 Å². The second-order valence-electron chi connectivity index (χ2n) is 6.28. The van der Waals surface area contributed by atoms with Crippen molar-refractivity contribution in [2.45, 2.75) is 19.4 Å². The number of imidazole rings is 1. The van der Waals surface area contributed by atoms with E-state index in [1.807, 2.05) is 30.3 Å². The summed E-state index contributed by atoms with van der Waals surface area (Å²) in [4.78, 5) is 40.8. The predicted molar refractivity (Wildman–Crippen MR) is 103 cm³/mol. The number of aryl methyl sites for hydroxylation is 2. The predicted octanol–water partition coefficient (Wildman–Crippen LogP) is 0.836. The lowest BCUT2D eigenvalue weighted by Crippen LogP contribution is -2.38. The van der Waals surface area contributed by atoms with Gasteiger partial charge in [0, 0.05) is 20.6 Å². The van der Waals surface area contributed by atoms with Gasteiger partial charge in [-0.3, -0.25) is 23.3 Å². The number of halogens is 1. The van der Waals surface area contributed by atoms with E-state index in [-0.39, 0.29) is 28.9 Å². The fraction of sp³-hybridized carbons (Fsp3) is 0.333. The van der Waals surface area contributed by atoms with Gasteiger partial charge in [-0.15, -0.1) is 0 Å². The van der Waals surface area contributed by atoms with E-state index < -0.39 is 11.2 Å². The number of rotatable bonds is 6. The van der Waals surface area contributed by atoms with Gasteiger partial charge in [0.25, 0.3) is 5.56 Å². The van der Waals surface area contributed by atoms with E-state index >= 15 is 0 Å². The minimum atomic E-state index is -0.538. The minimum absolute atomic E-state index is 0.0114. The summed E-state index contributed by atoms with van der Waals surface area (Å²) in [6, 6.07) is 10.0. The molecule has 142 valence electrons. The third-order valence-corrected chi connectivity index (χ3v) is 4.70. The highest BCUT2D eigenvalue weighted by molar-refractivity contribution is 6.29. The second-order valence-corrected chi connectivity index (χ2v) is 6.62. The van der Waals surface area contributed by atoms with E-state index in [4.69, 9.17) is 11.6 Å². The average Bonchev–Trinajstić information content (AvgIpc) is 2.99. The lowest BCUT2D eigenvalue weighted by molar-refractivity contribution is -0.121. The molecule has 1 aromatic carbocycles. The molecule has 0 spiro atoms. The first-order chi connectivity index (χ1) is 12.9. The number of benzene rings is 1. The highest BCUT2D eigenvalue weighted by Gasteiger charge is 2.19. The Bertz CT molecular complexity index is 1100. The van der Waals surface area contributed by atoms with Crippen LogP contribution in [0.5, 0.6) is 0 Å². The first-order valence-corrected chi connectivity index (χ1v) is 8.90. The molecule has 0 fully saturated rings. The molecule has 8 nitrogen and oxygen atoms in total. The zero-order valence-electron chi connectivity index (χ0n) is 15.1. The Kier molecular flexibility index (Phi) is 5.46. The molecule has 3 rings (SSSR count). The van der Waals surface area contributed by atoms with Crippen molar-refractivity contribution in [3.05, 3.63) is 62.0 Å². The Morgan fingerprint density at radius 3 is 2.56 bits per heavy atom. The number of amides is 1. The molecule has 27 heavy (non-hydrogen) atoms. The number of carbonyl (C=O) groups excluding carboxylic acids is 1. The maximum Gasteiger partial charge on any atom is 0.332 e. The van der Waals surface area contributed by atoms with Gasteiger partial charge in [0.1, 0.15) is 6.54 Å². The molecule has 0 saturated heterocycles. The van der Waals surface area contributed by atoms with Crippen molar-refractivity contribution >= 4 is 28.7 Å². The van der Waals surface area contributed by atoms with E-state index in [1.165, 1.54) is 28.8 Å². The van der Waals surface area contributed by atoms with Gasteiger partial charge >= 0.3 is 5.69 Å². The van der Waals surface area contributed by atoms with Gasteiger partial charge in [0.05, 0.1) is 0 Å². The largest absolute Gasteiger partial charge is 0.355 e. The van der Waals surface area contributed by atoms with Crippen molar-refractivity contribution in [3.63, 3.8) is 0 Å². The number of fused-ring (bicyclic) bond motifs is 1. The van der Waals surface area contributed by atoms with E-state index in [1.54, 1.807) is 0 Å². The van der Waals surface area contributed by atoms with Crippen LogP contribution in [0.15, 0.2) is 39.9 Å². The molecule has 1 N–H and O–H groups in total. The maximum atomic E-state index is 12.4. The summed E-state index contributed by atoms with van der Waals surface area (Å²) < 4.78 is 3.52. The zero-order chi connectivity index (χ0) is 19.6. The Hall–Kier alpha value is -2.87. The SMILES string of the molecule is Cn1c(=O)c2c(nc(Cl)n2CC(=O)NCCCc2ccccc2)n(C)c1=O. The van der Waals surface area contributed by atoms with Gasteiger partial charge in [0.2, 0.25) is 11.2 Å². The van der Waals surface area contributed by atoms with Crippen LogP contribution < -0.4 is 16.6 Å². The molecule has 1 amide bonds. The topological polar surface area (TPSA) is 90.9 Å². The monoisotopic (exact) mass is 389 g/mol. The van der Waals surface area contributed by atoms with Crippen LogP contribution in [0.3, 0.4) is 0 Å². The molecular weight excluding hydrogens is 370 g/mol. The van der Waals surface area contributed by atoms with Crippen molar-refractivity contribution in [1.29, 1.82) is 0 Å². The van der Waals surface area contributed by atoms with Crippen LogP contribution in [0.4, 0.5) is 0 Å².